The molecule has 0 aromatic carbocycles. The Morgan fingerprint density at radius 1 is 1.30 bits per heavy atom. The predicted molar refractivity (Wildman–Crippen MR) is 108 cm³/mol. The fourth-order valence-electron chi connectivity index (χ4n) is 2.56. The van der Waals surface area contributed by atoms with E-state index in [2.05, 4.69) is 5.32 Å². The SMILES string of the molecule is CCOC(=O)c1c(NC(=O)CN(C)Cc2sccc2C)sc(C(N)=O)c1C. The largest absolute Gasteiger partial charge is 0.462 e. The van der Waals surface area contributed by atoms with E-state index in [1.165, 1.54) is 10.4 Å². The average Bonchev–Trinajstić information content (AvgIpc) is 3.11. The smallest absolute Gasteiger partial charge is 0.341 e. The lowest BCUT2D eigenvalue weighted by molar-refractivity contribution is -0.117. The standard InChI is InChI=1S/C18H23N3O4S2/c1-5-25-18(24)14-11(3)15(16(19)23)27-17(14)20-13(22)9-21(4)8-12-10(2)6-7-26-12/h6-7H,5,8-9H2,1-4H3,(H2,19,23)(H,20,22). The Balaban J connectivity index is 2.14. The molecule has 0 bridgehead atoms. The molecule has 0 unspecified atom stereocenters. The highest BCUT2D eigenvalue weighted by molar-refractivity contribution is 7.18. The van der Waals surface area contributed by atoms with Crippen LogP contribution in [0.15, 0.2) is 11.4 Å². The van der Waals surface area contributed by atoms with Crippen molar-refractivity contribution in [2.45, 2.75) is 27.3 Å². The molecule has 0 radical (unpaired) electrons. The van der Waals surface area contributed by atoms with Crippen molar-refractivity contribution in [1.82, 2.24) is 4.90 Å². The van der Waals surface area contributed by atoms with Crippen molar-refractivity contribution in [2.24, 2.45) is 5.73 Å². The molecule has 9 heteroatoms. The predicted octanol–water partition coefficient (Wildman–Crippen LogP) is 2.77. The second-order valence-corrected chi connectivity index (χ2v) is 8.11. The Bertz CT molecular complexity index is 857. The van der Waals surface area contributed by atoms with Crippen molar-refractivity contribution < 1.29 is 19.1 Å². The summed E-state index contributed by atoms with van der Waals surface area (Å²) in [7, 11) is 1.85. The normalized spacial score (nSPS) is 10.9. The Labute approximate surface area is 166 Å². The number of anilines is 1. The van der Waals surface area contributed by atoms with Crippen molar-refractivity contribution in [2.75, 3.05) is 25.5 Å². The molecule has 2 aromatic rings. The molecule has 2 aromatic heterocycles. The molecular weight excluding hydrogens is 386 g/mol. The average molecular weight is 410 g/mol. The molecule has 2 rings (SSSR count). The monoisotopic (exact) mass is 409 g/mol. The van der Waals surface area contributed by atoms with Crippen LogP contribution in [0.3, 0.4) is 0 Å². The van der Waals surface area contributed by atoms with E-state index in [4.69, 9.17) is 10.5 Å². The molecule has 0 saturated carbocycles. The third-order valence-electron chi connectivity index (χ3n) is 3.90. The van der Waals surface area contributed by atoms with E-state index in [0.717, 1.165) is 11.3 Å². The zero-order valence-corrected chi connectivity index (χ0v) is 17.4. The van der Waals surface area contributed by atoms with E-state index in [0.29, 0.717) is 12.1 Å². The number of hydrogen-bond donors (Lipinski definition) is 2. The number of nitrogens with zero attached hydrogens (tertiary/aromatic N) is 1. The molecule has 3 N–H and O–H groups in total. The first-order chi connectivity index (χ1) is 12.7. The lowest BCUT2D eigenvalue weighted by Gasteiger charge is -2.16. The van der Waals surface area contributed by atoms with Crippen LogP contribution >= 0.6 is 22.7 Å². The summed E-state index contributed by atoms with van der Waals surface area (Å²) in [5, 5.41) is 5.02. The Morgan fingerprint density at radius 2 is 2.00 bits per heavy atom. The zero-order chi connectivity index (χ0) is 20.1. The number of rotatable bonds is 8. The van der Waals surface area contributed by atoms with E-state index >= 15 is 0 Å². The highest BCUT2D eigenvalue weighted by Gasteiger charge is 2.25. The molecule has 0 atom stereocenters. The van der Waals surface area contributed by atoms with Gasteiger partial charge in [0.25, 0.3) is 5.91 Å². The second kappa shape index (κ2) is 9.12. The molecule has 2 heterocycles. The minimum Gasteiger partial charge on any atom is -0.462 e. The molecule has 0 aliphatic rings. The molecule has 27 heavy (non-hydrogen) atoms. The van der Waals surface area contributed by atoms with Crippen molar-refractivity contribution in [3.05, 3.63) is 37.9 Å². The summed E-state index contributed by atoms with van der Waals surface area (Å²) in [5.41, 5.74) is 7.16. The lowest BCUT2D eigenvalue weighted by Crippen LogP contribution is -2.30. The van der Waals surface area contributed by atoms with Gasteiger partial charge >= 0.3 is 5.97 Å². The van der Waals surface area contributed by atoms with Gasteiger partial charge < -0.3 is 15.8 Å². The van der Waals surface area contributed by atoms with Crippen LogP contribution in [0.1, 0.15) is 43.0 Å². The number of carbonyl (C=O) groups is 3. The number of hydrogen-bond acceptors (Lipinski definition) is 7. The third-order valence-corrected chi connectivity index (χ3v) is 6.13. The number of nitrogens with two attached hydrogens (primary N) is 1. The van der Waals surface area contributed by atoms with Gasteiger partial charge in [-0.05, 0) is 50.4 Å². The molecular formula is C18H23N3O4S2. The van der Waals surface area contributed by atoms with Crippen molar-refractivity contribution in [1.29, 1.82) is 0 Å². The van der Waals surface area contributed by atoms with E-state index in [1.807, 2.05) is 30.3 Å². The number of likely N-dealkylation sites (N-methyl/N-ethyl adjacent to an activating group) is 1. The van der Waals surface area contributed by atoms with E-state index in [-0.39, 0.29) is 34.5 Å². The van der Waals surface area contributed by atoms with Crippen molar-refractivity contribution in [3.63, 3.8) is 0 Å². The van der Waals surface area contributed by atoms with E-state index < -0.39 is 11.9 Å². The fraction of sp³-hybridized carbons (Fsp3) is 0.389. The fourth-order valence-corrected chi connectivity index (χ4v) is 4.61. The maximum absolute atomic E-state index is 12.4. The van der Waals surface area contributed by atoms with Gasteiger partial charge in [0.05, 0.1) is 23.6 Å². The molecule has 7 nitrogen and oxygen atoms in total. The Hall–Kier alpha value is -2.23. The number of primary amides is 1. The zero-order valence-electron chi connectivity index (χ0n) is 15.8. The van der Waals surface area contributed by atoms with Gasteiger partial charge in [0.2, 0.25) is 5.91 Å². The number of ether oxygens (including phenoxy) is 1. The summed E-state index contributed by atoms with van der Waals surface area (Å²) in [5.74, 6) is -1.51. The molecule has 2 amide bonds. The summed E-state index contributed by atoms with van der Waals surface area (Å²) < 4.78 is 5.04. The topological polar surface area (TPSA) is 102 Å². The summed E-state index contributed by atoms with van der Waals surface area (Å²) >= 11 is 2.63. The number of aryl methyl sites for hydroxylation is 1. The summed E-state index contributed by atoms with van der Waals surface area (Å²) in [6.07, 6.45) is 0. The van der Waals surface area contributed by atoms with Crippen LogP contribution in [0.5, 0.6) is 0 Å². The molecule has 0 saturated heterocycles. The minimum absolute atomic E-state index is 0.141. The van der Waals surface area contributed by atoms with Crippen molar-refractivity contribution >= 4 is 45.5 Å². The van der Waals surface area contributed by atoms with Gasteiger partial charge in [-0.2, -0.15) is 0 Å². The molecule has 0 aliphatic carbocycles. The Kier molecular flexibility index (Phi) is 7.11. The van der Waals surface area contributed by atoms with Gasteiger partial charge in [0, 0.05) is 11.4 Å². The third kappa shape index (κ3) is 5.15. The van der Waals surface area contributed by atoms with E-state index in [9.17, 15) is 14.4 Å². The Morgan fingerprint density at radius 3 is 2.56 bits per heavy atom. The second-order valence-electron chi connectivity index (χ2n) is 6.09. The van der Waals surface area contributed by atoms with E-state index in [1.54, 1.807) is 25.2 Å². The molecule has 0 fully saturated rings. The maximum atomic E-state index is 12.4. The number of carbonyl (C=O) groups excluding carboxylic acids is 3. The van der Waals surface area contributed by atoms with Crippen LogP contribution in [-0.4, -0.2) is 42.9 Å². The summed E-state index contributed by atoms with van der Waals surface area (Å²) in [6.45, 7) is 6.32. The first-order valence-corrected chi connectivity index (χ1v) is 10.1. The quantitative estimate of drug-likeness (QED) is 0.653. The van der Waals surface area contributed by atoms with Gasteiger partial charge in [0.1, 0.15) is 5.00 Å². The van der Waals surface area contributed by atoms with Crippen LogP contribution < -0.4 is 11.1 Å². The van der Waals surface area contributed by atoms with Crippen LogP contribution in [0.4, 0.5) is 5.00 Å². The first-order valence-electron chi connectivity index (χ1n) is 8.36. The highest BCUT2D eigenvalue weighted by Crippen LogP contribution is 2.33. The van der Waals surface area contributed by atoms with Crippen LogP contribution in [0.25, 0.3) is 0 Å². The first kappa shape index (κ1) is 21.1. The van der Waals surface area contributed by atoms with Gasteiger partial charge in [-0.1, -0.05) is 0 Å². The summed E-state index contributed by atoms with van der Waals surface area (Å²) in [6, 6.07) is 2.04. The van der Waals surface area contributed by atoms with Gasteiger partial charge in [-0.15, -0.1) is 22.7 Å². The number of amides is 2. The minimum atomic E-state index is -0.645. The van der Waals surface area contributed by atoms with Crippen LogP contribution in [-0.2, 0) is 16.1 Å². The van der Waals surface area contributed by atoms with Crippen LogP contribution in [0.2, 0.25) is 0 Å². The summed E-state index contributed by atoms with van der Waals surface area (Å²) in [4.78, 5) is 39.6. The maximum Gasteiger partial charge on any atom is 0.341 e. The van der Waals surface area contributed by atoms with Crippen molar-refractivity contribution in [3.8, 4) is 0 Å². The number of nitrogens with one attached hydrogen (secondary N) is 1. The van der Waals surface area contributed by atoms with Gasteiger partial charge in [-0.25, -0.2) is 4.79 Å². The molecule has 0 aliphatic heterocycles. The van der Waals surface area contributed by atoms with Gasteiger partial charge in [0.15, 0.2) is 0 Å². The van der Waals surface area contributed by atoms with Crippen LogP contribution in [0, 0.1) is 13.8 Å². The molecule has 0 spiro atoms. The molecule has 146 valence electrons. The van der Waals surface area contributed by atoms with Gasteiger partial charge in [-0.3, -0.25) is 14.5 Å². The lowest BCUT2D eigenvalue weighted by atomic mass is 10.1. The highest BCUT2D eigenvalue weighted by atomic mass is 32.1. The number of esters is 1. The number of thiophene rings is 2.